The zero-order chi connectivity index (χ0) is 16.1. The number of nitrogens with one attached hydrogen (secondary N) is 1. The summed E-state index contributed by atoms with van der Waals surface area (Å²) in [6.07, 6.45) is 0.276. The molecule has 2 rings (SSSR count). The molecule has 0 heterocycles. The summed E-state index contributed by atoms with van der Waals surface area (Å²) in [5, 5.41) is 3.50. The van der Waals surface area contributed by atoms with E-state index in [1.165, 1.54) is 5.56 Å². The smallest absolute Gasteiger partial charge is 0.227 e. The van der Waals surface area contributed by atoms with E-state index in [0.29, 0.717) is 17.4 Å². The quantitative estimate of drug-likeness (QED) is 0.870. The molecule has 22 heavy (non-hydrogen) atoms. The topological polar surface area (TPSA) is 38.3 Å². The number of hydrogen-bond donors (Lipinski definition) is 1. The van der Waals surface area contributed by atoms with Gasteiger partial charge in [0.2, 0.25) is 5.91 Å². The van der Waals surface area contributed by atoms with Crippen molar-refractivity contribution in [1.29, 1.82) is 0 Å². The number of anilines is 1. The van der Waals surface area contributed by atoms with Gasteiger partial charge in [0.1, 0.15) is 5.75 Å². The van der Waals surface area contributed by atoms with Crippen molar-refractivity contribution in [3.8, 4) is 5.75 Å². The summed E-state index contributed by atoms with van der Waals surface area (Å²) in [5.74, 6) is 0.529. The van der Waals surface area contributed by atoms with Crippen molar-refractivity contribution < 1.29 is 9.53 Å². The van der Waals surface area contributed by atoms with Gasteiger partial charge in [0, 0.05) is 5.69 Å². The zero-order valence-corrected chi connectivity index (χ0v) is 13.8. The highest BCUT2D eigenvalue weighted by molar-refractivity contribution is 6.32. The van der Waals surface area contributed by atoms with Crippen LogP contribution in [-0.2, 0) is 4.79 Å². The van der Waals surface area contributed by atoms with E-state index in [1.807, 2.05) is 32.9 Å². The highest BCUT2D eigenvalue weighted by Crippen LogP contribution is 2.24. The first kappa shape index (κ1) is 16.4. The van der Waals surface area contributed by atoms with E-state index in [0.717, 1.165) is 16.8 Å². The van der Waals surface area contributed by atoms with Crippen LogP contribution < -0.4 is 10.1 Å². The van der Waals surface area contributed by atoms with Crippen LogP contribution in [0.1, 0.15) is 23.1 Å². The maximum Gasteiger partial charge on any atom is 0.227 e. The molecular formula is C18H20ClNO2. The second kappa shape index (κ2) is 7.32. The SMILES string of the molecule is Cc1cc(C)c(NC(=O)CCOc2ccccc2Cl)c(C)c1. The largest absolute Gasteiger partial charge is 0.491 e. The lowest BCUT2D eigenvalue weighted by Gasteiger charge is -2.13. The molecule has 116 valence electrons. The second-order valence-corrected chi connectivity index (χ2v) is 5.76. The third kappa shape index (κ3) is 4.25. The molecule has 0 radical (unpaired) electrons. The maximum absolute atomic E-state index is 12.1. The van der Waals surface area contributed by atoms with Gasteiger partial charge in [-0.2, -0.15) is 0 Å². The highest BCUT2D eigenvalue weighted by atomic mass is 35.5. The molecule has 2 aromatic rings. The van der Waals surface area contributed by atoms with Gasteiger partial charge in [0.15, 0.2) is 0 Å². The predicted octanol–water partition coefficient (Wildman–Crippen LogP) is 4.67. The van der Waals surface area contributed by atoms with Crippen LogP contribution in [0.5, 0.6) is 5.75 Å². The van der Waals surface area contributed by atoms with Gasteiger partial charge in [-0.25, -0.2) is 0 Å². The molecule has 4 heteroatoms. The van der Waals surface area contributed by atoms with Crippen LogP contribution in [0.3, 0.4) is 0 Å². The fraction of sp³-hybridized carbons (Fsp3) is 0.278. The highest BCUT2D eigenvalue weighted by Gasteiger charge is 2.09. The summed E-state index contributed by atoms with van der Waals surface area (Å²) in [5.41, 5.74) is 4.21. The Morgan fingerprint density at radius 1 is 1.14 bits per heavy atom. The van der Waals surface area contributed by atoms with Crippen LogP contribution in [0.4, 0.5) is 5.69 Å². The van der Waals surface area contributed by atoms with E-state index in [1.54, 1.807) is 12.1 Å². The number of halogens is 1. The van der Waals surface area contributed by atoms with Gasteiger partial charge >= 0.3 is 0 Å². The van der Waals surface area contributed by atoms with Gasteiger partial charge in [-0.15, -0.1) is 0 Å². The monoisotopic (exact) mass is 317 g/mol. The van der Waals surface area contributed by atoms with Crippen LogP contribution in [0.15, 0.2) is 36.4 Å². The third-order valence-electron chi connectivity index (χ3n) is 3.36. The van der Waals surface area contributed by atoms with Gasteiger partial charge in [0.05, 0.1) is 18.1 Å². The Labute approximate surface area is 136 Å². The number of para-hydroxylation sites is 1. The lowest BCUT2D eigenvalue weighted by molar-refractivity contribution is -0.116. The number of rotatable bonds is 5. The molecule has 0 aliphatic carbocycles. The molecular weight excluding hydrogens is 298 g/mol. The van der Waals surface area contributed by atoms with Crippen LogP contribution in [0, 0.1) is 20.8 Å². The van der Waals surface area contributed by atoms with Crippen molar-refractivity contribution in [2.24, 2.45) is 0 Å². The van der Waals surface area contributed by atoms with Crippen molar-refractivity contribution >= 4 is 23.2 Å². The lowest BCUT2D eigenvalue weighted by Crippen LogP contribution is -2.16. The first-order valence-corrected chi connectivity index (χ1v) is 7.60. The number of benzene rings is 2. The van der Waals surface area contributed by atoms with E-state index in [4.69, 9.17) is 16.3 Å². The molecule has 1 amide bonds. The molecule has 0 aliphatic rings. The molecule has 0 spiro atoms. The van der Waals surface area contributed by atoms with Crippen LogP contribution in [-0.4, -0.2) is 12.5 Å². The maximum atomic E-state index is 12.1. The lowest BCUT2D eigenvalue weighted by atomic mass is 10.1. The van der Waals surface area contributed by atoms with Gasteiger partial charge in [-0.1, -0.05) is 41.4 Å². The van der Waals surface area contributed by atoms with Crippen LogP contribution in [0.25, 0.3) is 0 Å². The van der Waals surface area contributed by atoms with Crippen molar-refractivity contribution in [2.75, 3.05) is 11.9 Å². The number of carbonyl (C=O) groups excluding carboxylic acids is 1. The summed E-state index contributed by atoms with van der Waals surface area (Å²) in [6.45, 7) is 6.33. The van der Waals surface area contributed by atoms with Gasteiger partial charge in [-0.3, -0.25) is 4.79 Å². The first-order chi connectivity index (χ1) is 10.5. The van der Waals surface area contributed by atoms with E-state index in [-0.39, 0.29) is 12.3 Å². The number of carbonyl (C=O) groups is 1. The van der Waals surface area contributed by atoms with Crippen molar-refractivity contribution in [2.45, 2.75) is 27.2 Å². The van der Waals surface area contributed by atoms with E-state index in [9.17, 15) is 4.79 Å². The van der Waals surface area contributed by atoms with Crippen LogP contribution >= 0.6 is 11.6 Å². The standard InChI is InChI=1S/C18H20ClNO2/c1-12-10-13(2)18(14(3)11-12)20-17(21)8-9-22-16-7-5-4-6-15(16)19/h4-7,10-11H,8-9H2,1-3H3,(H,20,21). The Balaban J connectivity index is 1.90. The Morgan fingerprint density at radius 3 is 2.41 bits per heavy atom. The molecule has 0 unspecified atom stereocenters. The molecule has 0 fully saturated rings. The van der Waals surface area contributed by atoms with Crippen molar-refractivity contribution in [1.82, 2.24) is 0 Å². The average molecular weight is 318 g/mol. The van der Waals surface area contributed by atoms with Gasteiger partial charge < -0.3 is 10.1 Å². The van der Waals surface area contributed by atoms with Gasteiger partial charge in [0.25, 0.3) is 0 Å². The molecule has 3 nitrogen and oxygen atoms in total. The summed E-state index contributed by atoms with van der Waals surface area (Å²) in [7, 11) is 0. The molecule has 0 aliphatic heterocycles. The summed E-state index contributed by atoms with van der Waals surface area (Å²) >= 11 is 6.00. The summed E-state index contributed by atoms with van der Waals surface area (Å²) < 4.78 is 5.53. The third-order valence-corrected chi connectivity index (χ3v) is 3.68. The molecule has 0 saturated carbocycles. The minimum Gasteiger partial charge on any atom is -0.491 e. The summed E-state index contributed by atoms with van der Waals surface area (Å²) in [4.78, 5) is 12.1. The molecule has 2 aromatic carbocycles. The Hall–Kier alpha value is -2.00. The zero-order valence-electron chi connectivity index (χ0n) is 13.1. The second-order valence-electron chi connectivity index (χ2n) is 5.35. The minimum absolute atomic E-state index is 0.0675. The predicted molar refractivity (Wildman–Crippen MR) is 90.8 cm³/mol. The molecule has 0 saturated heterocycles. The minimum atomic E-state index is -0.0675. The fourth-order valence-electron chi connectivity index (χ4n) is 2.39. The number of aryl methyl sites for hydroxylation is 3. The fourth-order valence-corrected chi connectivity index (χ4v) is 2.58. The van der Waals surface area contributed by atoms with Gasteiger partial charge in [-0.05, 0) is 44.0 Å². The number of amides is 1. The molecule has 0 bridgehead atoms. The average Bonchev–Trinajstić information content (AvgIpc) is 2.45. The van der Waals surface area contributed by atoms with Crippen LogP contribution in [0.2, 0.25) is 5.02 Å². The van der Waals surface area contributed by atoms with Crippen molar-refractivity contribution in [3.05, 3.63) is 58.1 Å². The number of hydrogen-bond acceptors (Lipinski definition) is 2. The Bertz CT molecular complexity index is 660. The molecule has 1 N–H and O–H groups in total. The van der Waals surface area contributed by atoms with E-state index >= 15 is 0 Å². The molecule has 0 aromatic heterocycles. The van der Waals surface area contributed by atoms with Crippen molar-refractivity contribution in [3.63, 3.8) is 0 Å². The Morgan fingerprint density at radius 2 is 1.77 bits per heavy atom. The Kier molecular flexibility index (Phi) is 5.45. The van der Waals surface area contributed by atoms with E-state index in [2.05, 4.69) is 17.4 Å². The summed E-state index contributed by atoms with van der Waals surface area (Å²) in [6, 6.07) is 11.3. The normalized spacial score (nSPS) is 10.4. The molecule has 0 atom stereocenters. The first-order valence-electron chi connectivity index (χ1n) is 7.22. The van der Waals surface area contributed by atoms with E-state index < -0.39 is 0 Å². The number of ether oxygens (including phenoxy) is 1.